The van der Waals surface area contributed by atoms with Gasteiger partial charge in [0.25, 0.3) is 0 Å². The summed E-state index contributed by atoms with van der Waals surface area (Å²) in [5.74, 6) is 0. The molecule has 0 unspecified atom stereocenters. The summed E-state index contributed by atoms with van der Waals surface area (Å²) >= 11 is 0. The van der Waals surface area contributed by atoms with Crippen molar-refractivity contribution in [3.05, 3.63) is 34.9 Å². The molecule has 2 heteroatoms. The van der Waals surface area contributed by atoms with Gasteiger partial charge in [0.05, 0.1) is 6.61 Å². The Morgan fingerprint density at radius 2 is 1.89 bits per heavy atom. The van der Waals surface area contributed by atoms with E-state index < -0.39 is 0 Å². The average molecular weight is 249 g/mol. The molecular weight excluding hydrogens is 222 g/mol. The van der Waals surface area contributed by atoms with Gasteiger partial charge in [0.1, 0.15) is 0 Å². The molecule has 0 heterocycles. The molecule has 1 aromatic rings. The first-order valence-electron chi connectivity index (χ1n) is 6.75. The first-order chi connectivity index (χ1) is 8.47. The minimum Gasteiger partial charge on any atom is -0.383 e. The molecule has 1 N–H and O–H groups in total. The fourth-order valence-corrected chi connectivity index (χ4v) is 2.30. The second-order valence-electron chi connectivity index (χ2n) is 5.70. The predicted octanol–water partition coefficient (Wildman–Crippen LogP) is 3.21. The molecule has 102 valence electrons. The molecule has 1 rings (SSSR count). The van der Waals surface area contributed by atoms with Crippen molar-refractivity contribution in [2.45, 2.75) is 39.5 Å². The second kappa shape index (κ2) is 6.91. The molecule has 0 bridgehead atoms. The number of nitrogens with one attached hydrogen (secondary N) is 1. The van der Waals surface area contributed by atoms with E-state index in [2.05, 4.69) is 51.2 Å². The Morgan fingerprint density at radius 1 is 1.17 bits per heavy atom. The number of rotatable bonds is 7. The van der Waals surface area contributed by atoms with Crippen molar-refractivity contribution < 1.29 is 4.74 Å². The normalized spacial score (nSPS) is 11.8. The molecule has 0 aromatic heterocycles. The van der Waals surface area contributed by atoms with Crippen LogP contribution in [0.3, 0.4) is 0 Å². The molecule has 0 saturated heterocycles. The molecule has 0 fully saturated rings. The summed E-state index contributed by atoms with van der Waals surface area (Å²) in [6.45, 7) is 11.8. The molecular formula is C16H27NO. The number of hydrogen-bond donors (Lipinski definition) is 1. The summed E-state index contributed by atoms with van der Waals surface area (Å²) in [4.78, 5) is 0. The number of methoxy groups -OCH3 is 1. The summed E-state index contributed by atoms with van der Waals surface area (Å²) < 4.78 is 5.03. The van der Waals surface area contributed by atoms with Crippen LogP contribution in [-0.4, -0.2) is 26.8 Å². The molecule has 0 radical (unpaired) electrons. The molecule has 0 atom stereocenters. The fraction of sp³-hybridized carbons (Fsp3) is 0.625. The maximum atomic E-state index is 5.03. The van der Waals surface area contributed by atoms with Crippen molar-refractivity contribution in [2.75, 3.05) is 26.8 Å². The van der Waals surface area contributed by atoms with Gasteiger partial charge in [-0.05, 0) is 43.4 Å². The van der Waals surface area contributed by atoms with E-state index in [9.17, 15) is 0 Å². The zero-order valence-electron chi connectivity index (χ0n) is 12.5. The minimum atomic E-state index is 0.218. The van der Waals surface area contributed by atoms with Gasteiger partial charge in [0.2, 0.25) is 0 Å². The van der Waals surface area contributed by atoms with Gasteiger partial charge < -0.3 is 10.1 Å². The maximum absolute atomic E-state index is 5.03. The predicted molar refractivity (Wildman–Crippen MR) is 78.3 cm³/mol. The van der Waals surface area contributed by atoms with E-state index in [0.29, 0.717) is 0 Å². The third-order valence-electron chi connectivity index (χ3n) is 3.53. The van der Waals surface area contributed by atoms with Crippen LogP contribution in [0.5, 0.6) is 0 Å². The SMILES string of the molecule is COCCNCCC(C)(C)c1cc(C)ccc1C. The summed E-state index contributed by atoms with van der Waals surface area (Å²) in [5.41, 5.74) is 4.42. The Kier molecular flexibility index (Phi) is 5.83. The van der Waals surface area contributed by atoms with Crippen molar-refractivity contribution in [3.8, 4) is 0 Å². The topological polar surface area (TPSA) is 21.3 Å². The highest BCUT2D eigenvalue weighted by Gasteiger charge is 2.21. The Labute approximate surface area is 112 Å². The monoisotopic (exact) mass is 249 g/mol. The maximum Gasteiger partial charge on any atom is 0.0587 e. The van der Waals surface area contributed by atoms with Crippen molar-refractivity contribution in [2.24, 2.45) is 0 Å². The number of ether oxygens (including phenoxy) is 1. The molecule has 18 heavy (non-hydrogen) atoms. The molecule has 1 aromatic carbocycles. The summed E-state index contributed by atoms with van der Waals surface area (Å²) in [6, 6.07) is 6.74. The van der Waals surface area contributed by atoms with E-state index >= 15 is 0 Å². The van der Waals surface area contributed by atoms with Crippen LogP contribution in [0, 0.1) is 13.8 Å². The van der Waals surface area contributed by atoms with Crippen LogP contribution in [-0.2, 0) is 10.2 Å². The lowest BCUT2D eigenvalue weighted by molar-refractivity contribution is 0.198. The van der Waals surface area contributed by atoms with Crippen LogP contribution in [0.1, 0.15) is 37.0 Å². The van der Waals surface area contributed by atoms with E-state index in [0.717, 1.165) is 26.1 Å². The zero-order chi connectivity index (χ0) is 13.6. The molecule has 0 saturated carbocycles. The number of hydrogen-bond acceptors (Lipinski definition) is 2. The lowest BCUT2D eigenvalue weighted by Gasteiger charge is -2.28. The van der Waals surface area contributed by atoms with Crippen LogP contribution in [0.2, 0.25) is 0 Å². The van der Waals surface area contributed by atoms with E-state index in [1.54, 1.807) is 7.11 Å². The van der Waals surface area contributed by atoms with Crippen LogP contribution < -0.4 is 5.32 Å². The largest absolute Gasteiger partial charge is 0.383 e. The van der Waals surface area contributed by atoms with E-state index in [4.69, 9.17) is 4.74 Å². The molecule has 0 amide bonds. The smallest absolute Gasteiger partial charge is 0.0587 e. The first kappa shape index (κ1) is 15.2. The van der Waals surface area contributed by atoms with Gasteiger partial charge >= 0.3 is 0 Å². The summed E-state index contributed by atoms with van der Waals surface area (Å²) in [6.07, 6.45) is 1.14. The second-order valence-corrected chi connectivity index (χ2v) is 5.70. The third kappa shape index (κ3) is 4.43. The lowest BCUT2D eigenvalue weighted by Crippen LogP contribution is -2.28. The van der Waals surface area contributed by atoms with Crippen molar-refractivity contribution in [1.82, 2.24) is 5.32 Å². The van der Waals surface area contributed by atoms with Crippen molar-refractivity contribution >= 4 is 0 Å². The molecule has 0 aliphatic carbocycles. The summed E-state index contributed by atoms with van der Waals surface area (Å²) in [7, 11) is 1.74. The Balaban J connectivity index is 2.59. The molecule has 0 aliphatic rings. The average Bonchev–Trinajstić information content (AvgIpc) is 2.32. The van der Waals surface area contributed by atoms with E-state index in [1.165, 1.54) is 16.7 Å². The minimum absolute atomic E-state index is 0.218. The lowest BCUT2D eigenvalue weighted by atomic mass is 9.79. The van der Waals surface area contributed by atoms with E-state index in [1.807, 2.05) is 0 Å². The van der Waals surface area contributed by atoms with Crippen molar-refractivity contribution in [1.29, 1.82) is 0 Å². The quantitative estimate of drug-likeness (QED) is 0.749. The highest BCUT2D eigenvalue weighted by atomic mass is 16.5. The number of aryl methyl sites for hydroxylation is 2. The van der Waals surface area contributed by atoms with Gasteiger partial charge in [-0.15, -0.1) is 0 Å². The Bertz CT molecular complexity index is 371. The van der Waals surface area contributed by atoms with Crippen LogP contribution in [0.4, 0.5) is 0 Å². The van der Waals surface area contributed by atoms with Crippen LogP contribution in [0.15, 0.2) is 18.2 Å². The number of benzene rings is 1. The van der Waals surface area contributed by atoms with Gasteiger partial charge in [-0.3, -0.25) is 0 Å². The molecule has 0 aliphatic heterocycles. The Morgan fingerprint density at radius 3 is 2.56 bits per heavy atom. The molecule has 0 spiro atoms. The van der Waals surface area contributed by atoms with Crippen molar-refractivity contribution in [3.63, 3.8) is 0 Å². The van der Waals surface area contributed by atoms with Gasteiger partial charge in [-0.1, -0.05) is 37.6 Å². The summed E-state index contributed by atoms with van der Waals surface area (Å²) in [5, 5.41) is 3.42. The molecule has 2 nitrogen and oxygen atoms in total. The van der Waals surface area contributed by atoms with Gasteiger partial charge in [0.15, 0.2) is 0 Å². The highest BCUT2D eigenvalue weighted by molar-refractivity contribution is 5.35. The van der Waals surface area contributed by atoms with Crippen LogP contribution in [0.25, 0.3) is 0 Å². The standard InChI is InChI=1S/C16H27NO/c1-13-6-7-14(2)15(12-13)16(3,4)8-9-17-10-11-18-5/h6-7,12,17H,8-11H2,1-5H3. The third-order valence-corrected chi connectivity index (χ3v) is 3.53. The van der Waals surface area contributed by atoms with Crippen LogP contribution >= 0.6 is 0 Å². The fourth-order valence-electron chi connectivity index (χ4n) is 2.30. The Hall–Kier alpha value is -0.860. The van der Waals surface area contributed by atoms with Gasteiger partial charge in [-0.2, -0.15) is 0 Å². The first-order valence-corrected chi connectivity index (χ1v) is 6.75. The van der Waals surface area contributed by atoms with E-state index in [-0.39, 0.29) is 5.41 Å². The van der Waals surface area contributed by atoms with Gasteiger partial charge in [-0.25, -0.2) is 0 Å². The highest BCUT2D eigenvalue weighted by Crippen LogP contribution is 2.29. The zero-order valence-corrected chi connectivity index (χ0v) is 12.5. The van der Waals surface area contributed by atoms with Gasteiger partial charge in [0, 0.05) is 13.7 Å².